The summed E-state index contributed by atoms with van der Waals surface area (Å²) in [5, 5.41) is 0.728. The van der Waals surface area contributed by atoms with E-state index in [0.717, 1.165) is 34.2 Å². The van der Waals surface area contributed by atoms with Gasteiger partial charge in [0.15, 0.2) is 0 Å². The normalized spacial score (nSPS) is 20.0. The van der Waals surface area contributed by atoms with Crippen molar-refractivity contribution >= 4 is 40.0 Å². The van der Waals surface area contributed by atoms with Crippen LogP contribution in [0.1, 0.15) is 45.1 Å². The fraction of sp³-hybridized carbons (Fsp3) is 0.182. The van der Waals surface area contributed by atoms with Gasteiger partial charge in [-0.2, -0.15) is 0 Å². The molecule has 0 spiro atoms. The van der Waals surface area contributed by atoms with E-state index in [9.17, 15) is 0 Å². The van der Waals surface area contributed by atoms with Crippen molar-refractivity contribution < 1.29 is 0 Å². The topological polar surface area (TPSA) is 6.48 Å². The molecule has 0 bridgehead atoms. The first-order valence-electron chi connectivity index (χ1n) is 16.8. The zero-order valence-corrected chi connectivity index (χ0v) is 27.8. The van der Waals surface area contributed by atoms with Gasteiger partial charge in [0.1, 0.15) is 0 Å². The zero-order valence-electron chi connectivity index (χ0n) is 27.0. The number of hydrogen-bond acceptors (Lipinski definition) is 2. The molecule has 1 fully saturated rings. The van der Waals surface area contributed by atoms with Crippen molar-refractivity contribution in [1.29, 1.82) is 0 Å². The van der Waals surface area contributed by atoms with Crippen LogP contribution in [0.5, 0.6) is 0 Å². The number of rotatable bonds is 6. The van der Waals surface area contributed by atoms with Gasteiger partial charge in [0.2, 0.25) is 0 Å². The molecule has 3 heteroatoms. The number of anilines is 5. The van der Waals surface area contributed by atoms with Crippen molar-refractivity contribution in [2.45, 2.75) is 50.5 Å². The molecule has 0 N–H and O–H groups in total. The van der Waals surface area contributed by atoms with Gasteiger partial charge in [-0.25, -0.2) is 0 Å². The number of para-hydroxylation sites is 1. The van der Waals surface area contributed by atoms with Crippen LogP contribution in [0.4, 0.5) is 28.4 Å². The fourth-order valence-electron chi connectivity index (χ4n) is 8.28. The molecule has 2 atom stereocenters. The Morgan fingerprint density at radius 3 is 1.72 bits per heavy atom. The minimum absolute atomic E-state index is 0.0534. The van der Waals surface area contributed by atoms with Gasteiger partial charge in [-0.15, -0.1) is 0 Å². The molecule has 2 unspecified atom stereocenters. The van der Waals surface area contributed by atoms with Crippen LogP contribution in [0.15, 0.2) is 152 Å². The van der Waals surface area contributed by atoms with E-state index in [2.05, 4.69) is 175 Å². The van der Waals surface area contributed by atoms with E-state index < -0.39 is 0 Å². The second-order valence-electron chi connectivity index (χ2n) is 13.5. The minimum Gasteiger partial charge on any atom is -0.334 e. The highest BCUT2D eigenvalue weighted by molar-refractivity contribution is 6.31. The summed E-state index contributed by atoms with van der Waals surface area (Å²) < 4.78 is 0. The summed E-state index contributed by atoms with van der Waals surface area (Å²) in [6.07, 6.45) is 4.82. The van der Waals surface area contributed by atoms with Crippen molar-refractivity contribution in [2.75, 3.05) is 9.80 Å². The summed E-state index contributed by atoms with van der Waals surface area (Å²) in [5.74, 6) is 0. The van der Waals surface area contributed by atoms with Crippen LogP contribution in [0.25, 0.3) is 22.3 Å². The maximum absolute atomic E-state index is 7.13. The highest BCUT2D eigenvalue weighted by Gasteiger charge is 2.57. The van der Waals surface area contributed by atoms with Crippen LogP contribution in [0.2, 0.25) is 5.02 Å². The molecule has 6 aromatic rings. The molecular weight excluding hydrogens is 592 g/mol. The molecule has 1 heterocycles. The van der Waals surface area contributed by atoms with Crippen LogP contribution in [-0.2, 0) is 5.41 Å². The Bertz CT molecular complexity index is 1970. The van der Waals surface area contributed by atoms with Crippen molar-refractivity contribution in [3.63, 3.8) is 0 Å². The zero-order chi connectivity index (χ0) is 32.0. The lowest BCUT2D eigenvalue weighted by atomic mass is 9.61. The molecule has 0 radical (unpaired) electrons. The van der Waals surface area contributed by atoms with Gasteiger partial charge in [-0.1, -0.05) is 134 Å². The summed E-state index contributed by atoms with van der Waals surface area (Å²) in [6, 6.07) is 54.5. The summed E-state index contributed by atoms with van der Waals surface area (Å²) in [5.41, 5.74) is 11.8. The summed E-state index contributed by atoms with van der Waals surface area (Å²) in [4.78, 5) is 4.97. The van der Waals surface area contributed by atoms with Crippen molar-refractivity contribution in [1.82, 2.24) is 0 Å². The van der Waals surface area contributed by atoms with Gasteiger partial charge < -0.3 is 9.80 Å². The molecule has 232 valence electrons. The first-order chi connectivity index (χ1) is 22.9. The van der Waals surface area contributed by atoms with E-state index in [1.165, 1.54) is 52.8 Å². The van der Waals surface area contributed by atoms with Gasteiger partial charge in [-0.05, 0) is 96.1 Å². The van der Waals surface area contributed by atoms with E-state index in [4.69, 9.17) is 11.6 Å². The highest BCUT2D eigenvalue weighted by Crippen LogP contribution is 2.61. The van der Waals surface area contributed by atoms with E-state index in [1.807, 2.05) is 0 Å². The highest BCUT2D eigenvalue weighted by atomic mass is 35.5. The molecule has 2 nitrogen and oxygen atoms in total. The molecule has 2 aliphatic rings. The van der Waals surface area contributed by atoms with Gasteiger partial charge in [-0.3, -0.25) is 0 Å². The Kier molecular flexibility index (Phi) is 7.42. The van der Waals surface area contributed by atoms with E-state index in [-0.39, 0.29) is 11.0 Å². The number of halogens is 1. The molecule has 0 amide bonds. The van der Waals surface area contributed by atoms with Gasteiger partial charge in [0.05, 0.1) is 5.54 Å². The van der Waals surface area contributed by atoms with Crippen molar-refractivity contribution in [2.24, 2.45) is 0 Å². The quantitative estimate of drug-likeness (QED) is 0.181. The van der Waals surface area contributed by atoms with Crippen LogP contribution in [0, 0.1) is 0 Å². The third kappa shape index (κ3) is 5.03. The smallest absolute Gasteiger partial charge is 0.0517 e. The predicted octanol–water partition coefficient (Wildman–Crippen LogP) is 12.9. The monoisotopic (exact) mass is 630 g/mol. The Morgan fingerprint density at radius 1 is 0.532 bits per heavy atom. The predicted molar refractivity (Wildman–Crippen MR) is 200 cm³/mol. The molecule has 6 aromatic carbocycles. The standard InChI is InChI=1S/C44H39ClN2/c1-43-25-11-12-26-44(43,2)47(42-24-10-9-23-41(42)43)40-30-36(45)29-39(31-40)46(37-21-13-19-34(27-37)32-15-5-3-6-16-32)38-22-14-20-35(28-38)33-17-7-4-8-18-33/h3-10,13-24,27-31H,11-12,25-26H2,1-2H3. The third-order valence-electron chi connectivity index (χ3n) is 10.8. The van der Waals surface area contributed by atoms with Gasteiger partial charge in [0, 0.05) is 38.9 Å². The molecule has 0 saturated heterocycles. The minimum atomic E-state index is -0.0534. The second-order valence-corrected chi connectivity index (χ2v) is 13.9. The van der Waals surface area contributed by atoms with Crippen LogP contribution >= 0.6 is 11.6 Å². The molecule has 1 aliphatic heterocycles. The van der Waals surface area contributed by atoms with E-state index >= 15 is 0 Å². The summed E-state index contributed by atoms with van der Waals surface area (Å²) in [6.45, 7) is 4.95. The first-order valence-corrected chi connectivity index (χ1v) is 17.1. The molecule has 8 rings (SSSR count). The third-order valence-corrected chi connectivity index (χ3v) is 11.0. The van der Waals surface area contributed by atoms with Crippen molar-refractivity contribution in [3.05, 3.63) is 162 Å². The molecule has 0 aromatic heterocycles. The Labute approximate surface area is 283 Å². The lowest BCUT2D eigenvalue weighted by Crippen LogP contribution is -2.54. The van der Waals surface area contributed by atoms with Crippen LogP contribution in [-0.4, -0.2) is 5.54 Å². The number of benzene rings is 6. The maximum atomic E-state index is 7.13. The molecular formula is C44H39ClN2. The van der Waals surface area contributed by atoms with E-state index in [1.54, 1.807) is 0 Å². The van der Waals surface area contributed by atoms with Gasteiger partial charge in [0.25, 0.3) is 0 Å². The Morgan fingerprint density at radius 2 is 1.09 bits per heavy atom. The number of fused-ring (bicyclic) bond motifs is 3. The number of nitrogens with zero attached hydrogens (tertiary/aromatic N) is 2. The lowest BCUT2D eigenvalue weighted by molar-refractivity contribution is 0.195. The lowest BCUT2D eigenvalue weighted by Gasteiger charge is -2.50. The SMILES string of the molecule is CC12CCCCC1(C)N(c1cc(Cl)cc(N(c3cccc(-c4ccccc4)c3)c3cccc(-c4ccccc4)c3)c1)c1ccccc12. The Hall–Kier alpha value is -4.79. The second kappa shape index (κ2) is 11.8. The molecule has 1 saturated carbocycles. The average Bonchev–Trinajstić information content (AvgIpc) is 3.32. The number of hydrogen-bond donors (Lipinski definition) is 0. The molecule has 47 heavy (non-hydrogen) atoms. The summed E-state index contributed by atoms with van der Waals surface area (Å²) in [7, 11) is 0. The van der Waals surface area contributed by atoms with Crippen LogP contribution < -0.4 is 9.80 Å². The van der Waals surface area contributed by atoms with Gasteiger partial charge >= 0.3 is 0 Å². The average molecular weight is 631 g/mol. The Balaban J connectivity index is 1.32. The fourth-order valence-corrected chi connectivity index (χ4v) is 8.50. The summed E-state index contributed by atoms with van der Waals surface area (Å²) >= 11 is 7.13. The largest absolute Gasteiger partial charge is 0.334 e. The van der Waals surface area contributed by atoms with E-state index in [0.29, 0.717) is 0 Å². The van der Waals surface area contributed by atoms with Crippen molar-refractivity contribution in [3.8, 4) is 22.3 Å². The van der Waals surface area contributed by atoms with Crippen LogP contribution in [0.3, 0.4) is 0 Å². The first kappa shape index (κ1) is 29.6. The maximum Gasteiger partial charge on any atom is 0.0517 e. The molecule has 1 aliphatic carbocycles.